The van der Waals surface area contributed by atoms with E-state index in [0.717, 1.165) is 0 Å². The predicted molar refractivity (Wildman–Crippen MR) is 41.9 cm³/mol. The number of hydrogen-bond donors (Lipinski definition) is 0. The normalized spacial score (nSPS) is 11.2. The summed E-state index contributed by atoms with van der Waals surface area (Å²) in [6.07, 6.45) is 1.31. The lowest BCUT2D eigenvalue weighted by Gasteiger charge is -2.14. The van der Waals surface area contributed by atoms with Gasteiger partial charge in [-0.15, -0.1) is 0 Å². The van der Waals surface area contributed by atoms with Crippen molar-refractivity contribution in [3.05, 3.63) is 12.0 Å². The fourth-order valence-electron chi connectivity index (χ4n) is 0.870. The molecule has 0 aliphatic heterocycles. The fraction of sp³-hybridized carbons (Fsp3) is 0.500. The standard InChI is InChI=1S/C8H11NO3/c1-8(2,3)7-6(11-5-10)4-12-9-7/h4-5H,1-3H3. The first-order valence-corrected chi connectivity index (χ1v) is 3.61. The van der Waals surface area contributed by atoms with E-state index in [-0.39, 0.29) is 5.41 Å². The zero-order chi connectivity index (χ0) is 9.19. The van der Waals surface area contributed by atoms with Gasteiger partial charge in [0.25, 0.3) is 6.47 Å². The average Bonchev–Trinajstić information content (AvgIpc) is 2.34. The topological polar surface area (TPSA) is 52.3 Å². The quantitative estimate of drug-likeness (QED) is 0.629. The lowest BCUT2D eigenvalue weighted by molar-refractivity contribution is -0.120. The number of carbonyl (C=O) groups excluding carboxylic acids is 1. The van der Waals surface area contributed by atoms with Gasteiger partial charge in [0.15, 0.2) is 12.0 Å². The molecule has 0 unspecified atom stereocenters. The molecule has 0 atom stereocenters. The van der Waals surface area contributed by atoms with Crippen LogP contribution in [0.4, 0.5) is 0 Å². The number of carbonyl (C=O) groups is 1. The van der Waals surface area contributed by atoms with Crippen molar-refractivity contribution in [2.45, 2.75) is 26.2 Å². The molecule has 12 heavy (non-hydrogen) atoms. The maximum absolute atomic E-state index is 10.1. The molecule has 1 rings (SSSR count). The highest BCUT2D eigenvalue weighted by atomic mass is 16.5. The van der Waals surface area contributed by atoms with E-state index in [9.17, 15) is 4.79 Å². The maximum Gasteiger partial charge on any atom is 0.298 e. The molecule has 1 aromatic heterocycles. The summed E-state index contributed by atoms with van der Waals surface area (Å²) in [5, 5.41) is 3.75. The third kappa shape index (κ3) is 1.64. The molecule has 0 spiro atoms. The molecular formula is C8H11NO3. The Labute approximate surface area is 70.5 Å². The summed E-state index contributed by atoms with van der Waals surface area (Å²) < 4.78 is 9.36. The number of aromatic nitrogens is 1. The Balaban J connectivity index is 2.99. The predicted octanol–water partition coefficient (Wildman–Crippen LogP) is 1.51. The second-order valence-corrected chi connectivity index (χ2v) is 3.49. The summed E-state index contributed by atoms with van der Waals surface area (Å²) in [6.45, 7) is 6.25. The minimum atomic E-state index is -0.175. The van der Waals surface area contributed by atoms with Crippen molar-refractivity contribution in [1.29, 1.82) is 0 Å². The van der Waals surface area contributed by atoms with E-state index in [2.05, 4.69) is 9.89 Å². The highest BCUT2D eigenvalue weighted by Crippen LogP contribution is 2.29. The Morgan fingerprint density at radius 1 is 1.58 bits per heavy atom. The number of ether oxygens (including phenoxy) is 1. The largest absolute Gasteiger partial charge is 0.423 e. The Hall–Kier alpha value is -1.32. The van der Waals surface area contributed by atoms with Crippen molar-refractivity contribution >= 4 is 6.47 Å². The molecular weight excluding hydrogens is 158 g/mol. The highest BCUT2D eigenvalue weighted by molar-refractivity contribution is 5.46. The minimum absolute atomic E-state index is 0.175. The lowest BCUT2D eigenvalue weighted by Crippen LogP contribution is -2.13. The van der Waals surface area contributed by atoms with Crippen LogP contribution in [0, 0.1) is 0 Å². The molecule has 0 aliphatic rings. The van der Waals surface area contributed by atoms with Crippen molar-refractivity contribution in [3.63, 3.8) is 0 Å². The van der Waals surface area contributed by atoms with Crippen LogP contribution in [0.2, 0.25) is 0 Å². The van der Waals surface area contributed by atoms with Gasteiger partial charge in [0.1, 0.15) is 5.69 Å². The molecule has 0 saturated heterocycles. The van der Waals surface area contributed by atoms with E-state index in [0.29, 0.717) is 17.9 Å². The number of rotatable bonds is 2. The molecule has 66 valence electrons. The van der Waals surface area contributed by atoms with Crippen molar-refractivity contribution in [2.75, 3.05) is 0 Å². The molecule has 4 nitrogen and oxygen atoms in total. The van der Waals surface area contributed by atoms with Crippen LogP contribution in [0.1, 0.15) is 26.5 Å². The number of nitrogens with zero attached hydrogens (tertiary/aromatic N) is 1. The van der Waals surface area contributed by atoms with Crippen LogP contribution in [0.25, 0.3) is 0 Å². The fourth-order valence-corrected chi connectivity index (χ4v) is 0.870. The highest BCUT2D eigenvalue weighted by Gasteiger charge is 2.23. The van der Waals surface area contributed by atoms with Gasteiger partial charge in [-0.25, -0.2) is 0 Å². The van der Waals surface area contributed by atoms with Crippen LogP contribution in [0.15, 0.2) is 10.8 Å². The van der Waals surface area contributed by atoms with Crippen LogP contribution in [0.3, 0.4) is 0 Å². The van der Waals surface area contributed by atoms with E-state index in [1.165, 1.54) is 6.26 Å². The first kappa shape index (κ1) is 8.77. The van der Waals surface area contributed by atoms with Crippen molar-refractivity contribution in [2.24, 2.45) is 0 Å². The van der Waals surface area contributed by atoms with Crippen LogP contribution in [-0.4, -0.2) is 11.6 Å². The first-order chi connectivity index (χ1) is 5.55. The molecule has 1 aromatic rings. The molecule has 0 bridgehead atoms. The van der Waals surface area contributed by atoms with Crippen molar-refractivity contribution in [3.8, 4) is 5.75 Å². The van der Waals surface area contributed by atoms with E-state index < -0.39 is 0 Å². The van der Waals surface area contributed by atoms with E-state index in [1.807, 2.05) is 20.8 Å². The Morgan fingerprint density at radius 2 is 2.25 bits per heavy atom. The van der Waals surface area contributed by atoms with Crippen LogP contribution >= 0.6 is 0 Å². The van der Waals surface area contributed by atoms with E-state index >= 15 is 0 Å². The molecule has 0 N–H and O–H groups in total. The summed E-state index contributed by atoms with van der Waals surface area (Å²) in [6, 6.07) is 0. The molecule has 0 amide bonds. The molecule has 0 saturated carbocycles. The van der Waals surface area contributed by atoms with Gasteiger partial charge in [-0.1, -0.05) is 25.9 Å². The zero-order valence-electron chi connectivity index (χ0n) is 7.33. The van der Waals surface area contributed by atoms with Gasteiger partial charge in [-0.2, -0.15) is 0 Å². The van der Waals surface area contributed by atoms with Gasteiger partial charge in [0.05, 0.1) is 0 Å². The van der Waals surface area contributed by atoms with Gasteiger partial charge in [0.2, 0.25) is 0 Å². The Kier molecular flexibility index (Phi) is 2.17. The van der Waals surface area contributed by atoms with Crippen molar-refractivity contribution in [1.82, 2.24) is 5.16 Å². The molecule has 0 aliphatic carbocycles. The smallest absolute Gasteiger partial charge is 0.298 e. The van der Waals surface area contributed by atoms with Gasteiger partial charge < -0.3 is 9.26 Å². The summed E-state index contributed by atoms with van der Waals surface area (Å²) >= 11 is 0. The summed E-state index contributed by atoms with van der Waals surface area (Å²) in [5.74, 6) is 0.387. The third-order valence-electron chi connectivity index (χ3n) is 1.42. The molecule has 0 fully saturated rings. The summed E-state index contributed by atoms with van der Waals surface area (Å²) in [7, 11) is 0. The van der Waals surface area contributed by atoms with Gasteiger partial charge >= 0.3 is 0 Å². The van der Waals surface area contributed by atoms with Crippen molar-refractivity contribution < 1.29 is 14.1 Å². The van der Waals surface area contributed by atoms with Crippen LogP contribution in [-0.2, 0) is 10.2 Å². The second kappa shape index (κ2) is 2.97. The Bertz CT molecular complexity index is 272. The summed E-state index contributed by atoms with van der Waals surface area (Å²) in [5.41, 5.74) is 0.473. The molecule has 4 heteroatoms. The minimum Gasteiger partial charge on any atom is -0.423 e. The average molecular weight is 169 g/mol. The van der Waals surface area contributed by atoms with Crippen LogP contribution < -0.4 is 4.74 Å². The molecule has 1 heterocycles. The second-order valence-electron chi connectivity index (χ2n) is 3.49. The third-order valence-corrected chi connectivity index (χ3v) is 1.42. The van der Waals surface area contributed by atoms with Gasteiger partial charge in [0, 0.05) is 5.41 Å². The Morgan fingerprint density at radius 3 is 2.75 bits per heavy atom. The SMILES string of the molecule is CC(C)(C)c1nocc1OC=O. The van der Waals surface area contributed by atoms with Gasteiger partial charge in [-0.3, -0.25) is 4.79 Å². The van der Waals surface area contributed by atoms with E-state index in [1.54, 1.807) is 0 Å². The van der Waals surface area contributed by atoms with Crippen LogP contribution in [0.5, 0.6) is 5.75 Å². The van der Waals surface area contributed by atoms with E-state index in [4.69, 9.17) is 4.52 Å². The number of hydrogen-bond acceptors (Lipinski definition) is 4. The maximum atomic E-state index is 10.1. The van der Waals surface area contributed by atoms with Gasteiger partial charge in [-0.05, 0) is 0 Å². The monoisotopic (exact) mass is 169 g/mol. The molecule has 0 radical (unpaired) electrons. The lowest BCUT2D eigenvalue weighted by atomic mass is 9.92. The summed E-state index contributed by atoms with van der Waals surface area (Å²) in [4.78, 5) is 10.1. The molecule has 0 aromatic carbocycles. The first-order valence-electron chi connectivity index (χ1n) is 3.61. The zero-order valence-corrected chi connectivity index (χ0v) is 7.33.